The van der Waals surface area contributed by atoms with E-state index in [1.165, 1.54) is 16.8 Å². The summed E-state index contributed by atoms with van der Waals surface area (Å²) < 4.78 is 14.3. The summed E-state index contributed by atoms with van der Waals surface area (Å²) >= 11 is 5.95. The van der Waals surface area contributed by atoms with E-state index in [1.807, 2.05) is 0 Å². The molecule has 0 bridgehead atoms. The van der Waals surface area contributed by atoms with E-state index >= 15 is 0 Å². The van der Waals surface area contributed by atoms with E-state index in [0.717, 1.165) is 5.56 Å². The van der Waals surface area contributed by atoms with Crippen LogP contribution in [0.4, 0.5) is 4.39 Å². The van der Waals surface area contributed by atoms with Gasteiger partial charge >= 0.3 is 0 Å². The SMILES string of the molecule is C=c1[nH]n(-c2cccc(Cl)c2)c(=O)c1=Cc1ccc(F)cc1. The van der Waals surface area contributed by atoms with Crippen LogP contribution in [0.25, 0.3) is 18.3 Å². The number of hydrogen-bond acceptors (Lipinski definition) is 1. The average Bonchev–Trinajstić information content (AvgIpc) is 2.77. The van der Waals surface area contributed by atoms with E-state index in [9.17, 15) is 9.18 Å². The first-order chi connectivity index (χ1) is 10.5. The molecule has 3 aromatic rings. The molecule has 1 N–H and O–H groups in total. The number of benzene rings is 2. The van der Waals surface area contributed by atoms with Gasteiger partial charge in [-0.2, -0.15) is 0 Å². The molecule has 0 aliphatic rings. The quantitative estimate of drug-likeness (QED) is 0.773. The number of rotatable bonds is 2. The van der Waals surface area contributed by atoms with Gasteiger partial charge in [-0.3, -0.25) is 9.89 Å². The first-order valence-corrected chi connectivity index (χ1v) is 6.95. The Morgan fingerprint density at radius 3 is 2.59 bits per heavy atom. The van der Waals surface area contributed by atoms with Crippen LogP contribution in [0.1, 0.15) is 5.56 Å². The molecule has 0 aliphatic heterocycles. The van der Waals surface area contributed by atoms with Gasteiger partial charge < -0.3 is 0 Å². The summed E-state index contributed by atoms with van der Waals surface area (Å²) in [6.07, 6.45) is 1.67. The third kappa shape index (κ3) is 2.73. The maximum absolute atomic E-state index is 12.9. The Morgan fingerprint density at radius 1 is 1.18 bits per heavy atom. The van der Waals surface area contributed by atoms with Crippen LogP contribution in [-0.2, 0) is 0 Å². The number of halogens is 2. The first-order valence-electron chi connectivity index (χ1n) is 6.58. The van der Waals surface area contributed by atoms with Gasteiger partial charge in [-0.15, -0.1) is 0 Å². The summed E-state index contributed by atoms with van der Waals surface area (Å²) in [5.74, 6) is -0.322. The summed E-state index contributed by atoms with van der Waals surface area (Å²) in [5, 5.41) is 4.36. The Hall–Kier alpha value is -2.59. The number of nitrogens with zero attached hydrogens (tertiary/aromatic N) is 1. The fourth-order valence-electron chi connectivity index (χ4n) is 2.17. The molecule has 5 heteroatoms. The molecule has 110 valence electrons. The summed E-state index contributed by atoms with van der Waals surface area (Å²) in [5.41, 5.74) is 1.11. The van der Waals surface area contributed by atoms with E-state index in [2.05, 4.69) is 11.7 Å². The Bertz CT molecular complexity index is 987. The van der Waals surface area contributed by atoms with Crippen LogP contribution in [0.15, 0.2) is 53.3 Å². The van der Waals surface area contributed by atoms with Gasteiger partial charge in [0.05, 0.1) is 16.3 Å². The molecule has 0 atom stereocenters. The molecule has 3 nitrogen and oxygen atoms in total. The Morgan fingerprint density at radius 2 is 1.91 bits per heavy atom. The summed E-state index contributed by atoms with van der Waals surface area (Å²) in [6, 6.07) is 12.8. The van der Waals surface area contributed by atoms with Gasteiger partial charge in [-0.05, 0) is 42.0 Å². The topological polar surface area (TPSA) is 37.8 Å². The van der Waals surface area contributed by atoms with Crippen LogP contribution in [0.3, 0.4) is 0 Å². The predicted octanol–water partition coefficient (Wildman–Crippen LogP) is 2.20. The third-order valence-corrected chi connectivity index (χ3v) is 3.49. The van der Waals surface area contributed by atoms with Crippen LogP contribution in [-0.4, -0.2) is 9.78 Å². The maximum Gasteiger partial charge on any atom is 0.279 e. The second-order valence-electron chi connectivity index (χ2n) is 4.82. The lowest BCUT2D eigenvalue weighted by Crippen LogP contribution is -2.33. The molecule has 0 unspecified atom stereocenters. The minimum Gasteiger partial charge on any atom is -0.291 e. The minimum atomic E-state index is -0.322. The van der Waals surface area contributed by atoms with Crippen molar-refractivity contribution in [1.82, 2.24) is 9.78 Å². The largest absolute Gasteiger partial charge is 0.291 e. The fourth-order valence-corrected chi connectivity index (χ4v) is 2.35. The van der Waals surface area contributed by atoms with Crippen molar-refractivity contribution >= 4 is 24.3 Å². The molecule has 0 fully saturated rings. The van der Waals surface area contributed by atoms with Crippen LogP contribution in [0.2, 0.25) is 5.02 Å². The lowest BCUT2D eigenvalue weighted by Gasteiger charge is -2.00. The Labute approximate surface area is 130 Å². The number of H-pyrrole nitrogens is 1. The number of nitrogens with one attached hydrogen (secondary N) is 1. The highest BCUT2D eigenvalue weighted by molar-refractivity contribution is 6.30. The molecule has 2 aromatic carbocycles. The highest BCUT2D eigenvalue weighted by Gasteiger charge is 2.05. The number of aromatic nitrogens is 2. The first kappa shape index (κ1) is 14.4. The summed E-state index contributed by atoms with van der Waals surface area (Å²) in [4.78, 5) is 12.5. The van der Waals surface area contributed by atoms with Crippen molar-refractivity contribution in [2.24, 2.45) is 0 Å². The monoisotopic (exact) mass is 314 g/mol. The van der Waals surface area contributed by atoms with E-state index in [1.54, 1.807) is 42.5 Å². The zero-order valence-corrected chi connectivity index (χ0v) is 12.3. The minimum absolute atomic E-state index is 0.239. The van der Waals surface area contributed by atoms with E-state index < -0.39 is 0 Å². The predicted molar refractivity (Wildman–Crippen MR) is 86.1 cm³/mol. The fraction of sp³-hybridized carbons (Fsp3) is 0. The lowest BCUT2D eigenvalue weighted by atomic mass is 10.2. The smallest absolute Gasteiger partial charge is 0.279 e. The zero-order valence-electron chi connectivity index (χ0n) is 11.5. The average molecular weight is 315 g/mol. The standard InChI is InChI=1S/C17H12ClFN2O/c1-11-16(9-12-5-7-14(19)8-6-12)17(22)21(20-11)15-4-2-3-13(18)10-15/h2-10,20H,1H2. The third-order valence-electron chi connectivity index (χ3n) is 3.25. The summed E-state index contributed by atoms with van der Waals surface area (Å²) in [7, 11) is 0. The van der Waals surface area contributed by atoms with Crippen molar-refractivity contribution in [3.8, 4) is 5.69 Å². The Balaban J connectivity index is 2.17. The van der Waals surface area contributed by atoms with Gasteiger partial charge in [-0.1, -0.05) is 36.4 Å². The molecule has 3 rings (SSSR count). The van der Waals surface area contributed by atoms with Crippen molar-refractivity contribution in [3.63, 3.8) is 0 Å². The van der Waals surface area contributed by atoms with Crippen LogP contribution in [0.5, 0.6) is 0 Å². The molecule has 0 spiro atoms. The molecular weight excluding hydrogens is 303 g/mol. The molecule has 0 saturated carbocycles. The maximum atomic E-state index is 12.9. The van der Waals surface area contributed by atoms with Crippen molar-refractivity contribution < 1.29 is 4.39 Å². The normalized spacial score (nSPS) is 11.8. The van der Waals surface area contributed by atoms with Gasteiger partial charge in [0.25, 0.3) is 5.56 Å². The van der Waals surface area contributed by atoms with Crippen LogP contribution >= 0.6 is 11.6 Å². The van der Waals surface area contributed by atoms with Crippen molar-refractivity contribution in [1.29, 1.82) is 0 Å². The van der Waals surface area contributed by atoms with Gasteiger partial charge in [0.1, 0.15) is 5.82 Å². The second kappa shape index (κ2) is 5.66. The van der Waals surface area contributed by atoms with Gasteiger partial charge in [0, 0.05) is 5.02 Å². The highest BCUT2D eigenvalue weighted by Crippen LogP contribution is 2.11. The molecule has 0 aliphatic carbocycles. The number of aromatic amines is 1. The van der Waals surface area contributed by atoms with Crippen molar-refractivity contribution in [3.05, 3.63) is 85.9 Å². The van der Waals surface area contributed by atoms with Crippen molar-refractivity contribution in [2.75, 3.05) is 0 Å². The van der Waals surface area contributed by atoms with E-state index in [-0.39, 0.29) is 11.4 Å². The summed E-state index contributed by atoms with van der Waals surface area (Å²) in [6.45, 7) is 3.85. The lowest BCUT2D eigenvalue weighted by molar-refractivity contribution is 0.628. The molecular formula is C17H12ClFN2O. The van der Waals surface area contributed by atoms with Gasteiger partial charge in [-0.25, -0.2) is 9.07 Å². The second-order valence-corrected chi connectivity index (χ2v) is 5.26. The molecule has 1 aromatic heterocycles. The van der Waals surface area contributed by atoms with Crippen LogP contribution in [0, 0.1) is 5.82 Å². The number of hydrogen-bond donors (Lipinski definition) is 1. The molecule has 0 radical (unpaired) electrons. The van der Waals surface area contributed by atoms with E-state index in [0.29, 0.717) is 21.3 Å². The van der Waals surface area contributed by atoms with Gasteiger partial charge in [0.15, 0.2) is 0 Å². The highest BCUT2D eigenvalue weighted by atomic mass is 35.5. The van der Waals surface area contributed by atoms with Crippen molar-refractivity contribution in [2.45, 2.75) is 0 Å². The Kier molecular flexibility index (Phi) is 3.69. The molecule has 1 heterocycles. The molecule has 0 saturated heterocycles. The van der Waals surface area contributed by atoms with E-state index in [4.69, 9.17) is 11.6 Å². The zero-order chi connectivity index (χ0) is 15.7. The van der Waals surface area contributed by atoms with Gasteiger partial charge in [0.2, 0.25) is 0 Å². The molecule has 22 heavy (non-hydrogen) atoms. The van der Waals surface area contributed by atoms with Crippen LogP contribution < -0.4 is 16.1 Å². The molecule has 0 amide bonds.